The van der Waals surface area contributed by atoms with Gasteiger partial charge in [0.2, 0.25) is 0 Å². The molecule has 0 atom stereocenters. The molecule has 1 aromatic rings. The molecule has 0 aliphatic heterocycles. The lowest BCUT2D eigenvalue weighted by molar-refractivity contribution is -0.134. The van der Waals surface area contributed by atoms with Crippen molar-refractivity contribution in [1.82, 2.24) is 15.2 Å². The number of nitrogens with zero attached hydrogens (tertiary/aromatic N) is 2. The van der Waals surface area contributed by atoms with E-state index in [0.717, 1.165) is 0 Å². The summed E-state index contributed by atoms with van der Waals surface area (Å²) < 4.78 is 35.0. The molecule has 0 fully saturated rings. The van der Waals surface area contributed by atoms with Crippen molar-refractivity contribution in [3.05, 3.63) is 11.6 Å². The summed E-state index contributed by atoms with van der Waals surface area (Å²) in [5.74, 6) is 0.747. The lowest BCUT2D eigenvalue weighted by atomic mass is 10.3. The molecule has 0 amide bonds. The number of aromatic amines is 1. The molecule has 0 aliphatic rings. The van der Waals surface area contributed by atoms with E-state index in [9.17, 15) is 13.2 Å². The highest BCUT2D eigenvalue weighted by atomic mass is 19.4. The summed E-state index contributed by atoms with van der Waals surface area (Å²) in [6.07, 6.45) is -5.16. The van der Waals surface area contributed by atoms with E-state index in [1.807, 2.05) is 0 Å². The fourth-order valence-electron chi connectivity index (χ4n) is 0.754. The molecule has 6 heteroatoms. The number of alkyl halides is 3. The average Bonchev–Trinajstić information content (AvgIpc) is 2.30. The summed E-state index contributed by atoms with van der Waals surface area (Å²) in [6, 6.07) is 0. The van der Waals surface area contributed by atoms with E-state index >= 15 is 0 Å². The first-order valence-corrected chi connectivity index (χ1v) is 3.42. The lowest BCUT2D eigenvalue weighted by Gasteiger charge is -2.02. The Balaban J connectivity index is 2.44. The maximum absolute atomic E-state index is 11.7. The maximum Gasteiger partial charge on any atom is 0.389 e. The third-order valence-electron chi connectivity index (χ3n) is 1.28. The van der Waals surface area contributed by atoms with E-state index in [2.05, 4.69) is 15.2 Å². The first kappa shape index (κ1) is 9.02. The number of hydrogen-bond acceptors (Lipinski definition) is 2. The second-order valence-electron chi connectivity index (χ2n) is 2.45. The van der Waals surface area contributed by atoms with Crippen LogP contribution in [0.2, 0.25) is 0 Å². The molecule has 1 aromatic heterocycles. The second-order valence-corrected chi connectivity index (χ2v) is 2.45. The molecule has 0 saturated carbocycles. The largest absolute Gasteiger partial charge is 0.389 e. The van der Waals surface area contributed by atoms with Crippen LogP contribution in [0.5, 0.6) is 0 Å². The molecular weight excluding hydrogens is 171 g/mol. The highest BCUT2D eigenvalue weighted by Gasteiger charge is 2.27. The molecule has 0 aliphatic carbocycles. The quantitative estimate of drug-likeness (QED) is 0.749. The van der Waals surface area contributed by atoms with Crippen molar-refractivity contribution in [2.45, 2.75) is 25.9 Å². The zero-order valence-electron chi connectivity index (χ0n) is 6.44. The standard InChI is InChI=1S/C6H8F3N3/c1-4-10-5(12-11-4)2-3-6(7,8)9/h2-3H2,1H3,(H,10,11,12). The lowest BCUT2D eigenvalue weighted by Crippen LogP contribution is -2.09. The van der Waals surface area contributed by atoms with Gasteiger partial charge in [-0.2, -0.15) is 18.3 Å². The fourth-order valence-corrected chi connectivity index (χ4v) is 0.754. The van der Waals surface area contributed by atoms with Crippen molar-refractivity contribution >= 4 is 0 Å². The van der Waals surface area contributed by atoms with Crippen LogP contribution >= 0.6 is 0 Å². The van der Waals surface area contributed by atoms with Gasteiger partial charge < -0.3 is 0 Å². The van der Waals surface area contributed by atoms with E-state index in [0.29, 0.717) is 5.82 Å². The van der Waals surface area contributed by atoms with Gasteiger partial charge in [0.15, 0.2) is 5.82 Å². The number of nitrogens with one attached hydrogen (secondary N) is 1. The van der Waals surface area contributed by atoms with Crippen LogP contribution < -0.4 is 0 Å². The van der Waals surface area contributed by atoms with Crippen LogP contribution in [0, 0.1) is 6.92 Å². The predicted molar refractivity (Wildman–Crippen MR) is 35.5 cm³/mol. The van der Waals surface area contributed by atoms with Gasteiger partial charge in [0.1, 0.15) is 5.82 Å². The van der Waals surface area contributed by atoms with Gasteiger partial charge in [-0.25, -0.2) is 4.98 Å². The molecule has 0 spiro atoms. The predicted octanol–water partition coefficient (Wildman–Crippen LogP) is 1.61. The fraction of sp³-hybridized carbons (Fsp3) is 0.667. The maximum atomic E-state index is 11.7. The molecule has 12 heavy (non-hydrogen) atoms. The second kappa shape index (κ2) is 3.12. The van der Waals surface area contributed by atoms with Crippen molar-refractivity contribution in [2.75, 3.05) is 0 Å². The molecule has 1 heterocycles. The van der Waals surface area contributed by atoms with E-state index in [-0.39, 0.29) is 12.2 Å². The van der Waals surface area contributed by atoms with E-state index in [1.165, 1.54) is 0 Å². The van der Waals surface area contributed by atoms with Crippen molar-refractivity contribution in [2.24, 2.45) is 0 Å². The van der Waals surface area contributed by atoms with Crippen LogP contribution in [0.3, 0.4) is 0 Å². The monoisotopic (exact) mass is 179 g/mol. The highest BCUT2D eigenvalue weighted by molar-refractivity contribution is 4.87. The average molecular weight is 179 g/mol. The molecule has 68 valence electrons. The van der Waals surface area contributed by atoms with Crippen molar-refractivity contribution < 1.29 is 13.2 Å². The van der Waals surface area contributed by atoms with Gasteiger partial charge in [-0.1, -0.05) is 0 Å². The van der Waals surface area contributed by atoms with Crippen LogP contribution in [0.1, 0.15) is 18.1 Å². The number of hydrogen-bond donors (Lipinski definition) is 1. The summed E-state index contributed by atoms with van der Waals surface area (Å²) in [4.78, 5) is 3.75. The number of aryl methyl sites for hydroxylation is 2. The smallest absolute Gasteiger partial charge is 0.263 e. The molecule has 0 aromatic carbocycles. The Morgan fingerprint density at radius 1 is 1.42 bits per heavy atom. The molecule has 1 N–H and O–H groups in total. The Bertz CT molecular complexity index is 253. The SMILES string of the molecule is Cc1nc(CCC(F)(F)F)n[nH]1. The Hall–Kier alpha value is -1.07. The van der Waals surface area contributed by atoms with E-state index in [4.69, 9.17) is 0 Å². The number of aromatic nitrogens is 3. The number of H-pyrrole nitrogens is 1. The van der Waals surface area contributed by atoms with Crippen LogP contribution in [-0.2, 0) is 6.42 Å². The molecular formula is C6H8F3N3. The topological polar surface area (TPSA) is 41.6 Å². The zero-order valence-corrected chi connectivity index (χ0v) is 6.44. The van der Waals surface area contributed by atoms with Crippen molar-refractivity contribution in [3.8, 4) is 0 Å². The first-order valence-electron chi connectivity index (χ1n) is 3.42. The van der Waals surface area contributed by atoms with Gasteiger partial charge in [0.25, 0.3) is 0 Å². The molecule has 3 nitrogen and oxygen atoms in total. The minimum Gasteiger partial charge on any atom is -0.263 e. The van der Waals surface area contributed by atoms with Gasteiger partial charge in [-0.3, -0.25) is 5.10 Å². The summed E-state index contributed by atoms with van der Waals surface area (Å²) in [5.41, 5.74) is 0. The third kappa shape index (κ3) is 2.89. The van der Waals surface area contributed by atoms with Crippen LogP contribution in [-0.4, -0.2) is 21.4 Å². The van der Waals surface area contributed by atoms with E-state index in [1.54, 1.807) is 6.92 Å². The summed E-state index contributed by atoms with van der Waals surface area (Å²) in [6.45, 7) is 1.64. The highest BCUT2D eigenvalue weighted by Crippen LogP contribution is 2.20. The number of halogens is 3. The molecule has 0 radical (unpaired) electrons. The van der Waals surface area contributed by atoms with Crippen molar-refractivity contribution in [1.29, 1.82) is 0 Å². The first-order chi connectivity index (χ1) is 5.47. The Kier molecular flexibility index (Phi) is 2.35. The van der Waals surface area contributed by atoms with Gasteiger partial charge in [0.05, 0.1) is 6.42 Å². The van der Waals surface area contributed by atoms with Gasteiger partial charge in [-0.15, -0.1) is 0 Å². The van der Waals surface area contributed by atoms with Crippen molar-refractivity contribution in [3.63, 3.8) is 0 Å². The summed E-state index contributed by atoms with van der Waals surface area (Å²) >= 11 is 0. The minimum absolute atomic E-state index is 0.159. The summed E-state index contributed by atoms with van der Waals surface area (Å²) in [5, 5.41) is 6.06. The normalized spacial score (nSPS) is 12.0. The molecule has 0 saturated heterocycles. The molecule has 1 rings (SSSR count). The minimum atomic E-state index is -4.13. The van der Waals surface area contributed by atoms with Crippen LogP contribution in [0.15, 0.2) is 0 Å². The molecule has 0 bridgehead atoms. The van der Waals surface area contributed by atoms with Crippen LogP contribution in [0.25, 0.3) is 0 Å². The van der Waals surface area contributed by atoms with Crippen LogP contribution in [0.4, 0.5) is 13.2 Å². The zero-order chi connectivity index (χ0) is 9.19. The molecule has 0 unspecified atom stereocenters. The third-order valence-corrected chi connectivity index (χ3v) is 1.28. The Morgan fingerprint density at radius 3 is 2.50 bits per heavy atom. The Labute approximate surface area is 67.0 Å². The van der Waals surface area contributed by atoms with Gasteiger partial charge in [-0.05, 0) is 6.92 Å². The van der Waals surface area contributed by atoms with Gasteiger partial charge in [0, 0.05) is 6.42 Å². The van der Waals surface area contributed by atoms with Gasteiger partial charge >= 0.3 is 6.18 Å². The summed E-state index contributed by atoms with van der Waals surface area (Å²) in [7, 11) is 0. The van der Waals surface area contributed by atoms with E-state index < -0.39 is 12.6 Å². The number of rotatable bonds is 2. The Morgan fingerprint density at radius 2 is 2.08 bits per heavy atom.